The number of nitrogens with one attached hydrogen (secondary N) is 2. The predicted molar refractivity (Wildman–Crippen MR) is 87.3 cm³/mol. The van der Waals surface area contributed by atoms with Gasteiger partial charge >= 0.3 is 11.8 Å². The Morgan fingerprint density at radius 2 is 1.88 bits per heavy atom. The summed E-state index contributed by atoms with van der Waals surface area (Å²) in [6, 6.07) is 5.57. The minimum absolute atomic E-state index is 0.00615. The number of nitro groups is 1. The molecule has 0 radical (unpaired) electrons. The zero-order valence-electron chi connectivity index (χ0n) is 13.2. The van der Waals surface area contributed by atoms with Crippen LogP contribution in [0.15, 0.2) is 24.3 Å². The summed E-state index contributed by atoms with van der Waals surface area (Å²) in [5.74, 6) is -1.79. The van der Waals surface area contributed by atoms with Gasteiger partial charge in [0.2, 0.25) is 0 Å². The van der Waals surface area contributed by atoms with E-state index in [0.29, 0.717) is 0 Å². The topological polar surface area (TPSA) is 122 Å². The Hall–Kier alpha value is -2.48. The largest absolute Gasteiger partial charge is 0.391 e. The highest BCUT2D eigenvalue weighted by molar-refractivity contribution is 6.39. The average Bonchev–Trinajstić information content (AvgIpc) is 2.60. The molecule has 130 valence electrons. The number of carbonyl (C=O) groups is 2. The number of benzene rings is 1. The molecule has 0 aliphatic heterocycles. The number of nitro benzene ring substituents is 1. The lowest BCUT2D eigenvalue weighted by Crippen LogP contribution is -2.42. The maximum atomic E-state index is 11.8. The average molecular weight is 335 g/mol. The Bertz CT molecular complexity index is 613. The highest BCUT2D eigenvalue weighted by atomic mass is 16.6. The van der Waals surface area contributed by atoms with Crippen LogP contribution in [0.2, 0.25) is 0 Å². The molecule has 1 aliphatic rings. The van der Waals surface area contributed by atoms with E-state index in [1.807, 2.05) is 0 Å². The molecule has 2 amide bonds. The van der Waals surface area contributed by atoms with Crippen LogP contribution in [0.5, 0.6) is 0 Å². The molecule has 24 heavy (non-hydrogen) atoms. The van der Waals surface area contributed by atoms with Gasteiger partial charge in [0, 0.05) is 12.6 Å². The van der Waals surface area contributed by atoms with Crippen LogP contribution in [0, 0.1) is 16.0 Å². The van der Waals surface area contributed by atoms with E-state index < -0.39 is 22.8 Å². The van der Waals surface area contributed by atoms with E-state index in [9.17, 15) is 24.8 Å². The Labute approximate surface area is 139 Å². The fourth-order valence-electron chi connectivity index (χ4n) is 2.88. The first-order valence-corrected chi connectivity index (χ1v) is 7.99. The Kier molecular flexibility index (Phi) is 6.25. The van der Waals surface area contributed by atoms with E-state index >= 15 is 0 Å². The molecule has 1 atom stereocenters. The Morgan fingerprint density at radius 1 is 1.21 bits per heavy atom. The number of nitrogens with zero attached hydrogens (tertiary/aromatic N) is 1. The maximum Gasteiger partial charge on any atom is 0.313 e. The summed E-state index contributed by atoms with van der Waals surface area (Å²) in [5, 5.41) is 25.6. The number of amides is 2. The van der Waals surface area contributed by atoms with Crippen LogP contribution in [-0.2, 0) is 9.59 Å². The third-order valence-electron chi connectivity index (χ3n) is 4.22. The van der Waals surface area contributed by atoms with Gasteiger partial charge in [-0.05, 0) is 24.8 Å². The molecular formula is C16H21N3O5. The van der Waals surface area contributed by atoms with Gasteiger partial charge < -0.3 is 15.7 Å². The third-order valence-corrected chi connectivity index (χ3v) is 4.22. The fourth-order valence-corrected chi connectivity index (χ4v) is 2.88. The number of aliphatic hydroxyl groups is 1. The van der Waals surface area contributed by atoms with Gasteiger partial charge in [-0.15, -0.1) is 0 Å². The standard InChI is InChI=1S/C16H21N3O5/c20-14(11-6-2-1-3-7-11)10-17-15(21)16(22)18-12-8-4-5-9-13(12)19(23)24/h4-5,8-9,11,14,20H,1-3,6-7,10H2,(H,17,21)(H,18,22). The molecule has 3 N–H and O–H groups in total. The Balaban J connectivity index is 1.86. The van der Waals surface area contributed by atoms with Crippen molar-refractivity contribution in [3.8, 4) is 0 Å². The molecule has 8 nitrogen and oxygen atoms in total. The number of rotatable bonds is 5. The van der Waals surface area contributed by atoms with Crippen LogP contribution in [0.1, 0.15) is 32.1 Å². The van der Waals surface area contributed by atoms with Crippen LogP contribution in [-0.4, -0.2) is 34.5 Å². The van der Waals surface area contributed by atoms with Crippen molar-refractivity contribution in [1.82, 2.24) is 5.32 Å². The summed E-state index contributed by atoms with van der Waals surface area (Å²) in [7, 11) is 0. The first-order chi connectivity index (χ1) is 11.5. The summed E-state index contributed by atoms with van der Waals surface area (Å²) < 4.78 is 0. The lowest BCUT2D eigenvalue weighted by molar-refractivity contribution is -0.383. The summed E-state index contributed by atoms with van der Waals surface area (Å²) in [4.78, 5) is 33.9. The van der Waals surface area contributed by atoms with Gasteiger partial charge in [-0.1, -0.05) is 31.4 Å². The van der Waals surface area contributed by atoms with Crippen LogP contribution < -0.4 is 10.6 Å². The van der Waals surface area contributed by atoms with Crippen molar-refractivity contribution in [1.29, 1.82) is 0 Å². The monoisotopic (exact) mass is 335 g/mol. The molecule has 0 saturated heterocycles. The maximum absolute atomic E-state index is 11.8. The molecule has 0 heterocycles. The molecule has 1 aromatic carbocycles. The molecule has 2 rings (SSSR count). The molecule has 1 aliphatic carbocycles. The number of hydrogen-bond donors (Lipinski definition) is 3. The number of para-hydroxylation sites is 2. The van der Waals surface area contributed by atoms with Crippen molar-refractivity contribution < 1.29 is 19.6 Å². The van der Waals surface area contributed by atoms with Crippen LogP contribution in [0.4, 0.5) is 11.4 Å². The van der Waals surface area contributed by atoms with Gasteiger partial charge in [-0.2, -0.15) is 0 Å². The minimum Gasteiger partial charge on any atom is -0.391 e. The van der Waals surface area contributed by atoms with Crippen LogP contribution in [0.25, 0.3) is 0 Å². The zero-order chi connectivity index (χ0) is 17.5. The summed E-state index contributed by atoms with van der Waals surface area (Å²) in [6.07, 6.45) is 4.43. The molecular weight excluding hydrogens is 314 g/mol. The second-order valence-corrected chi connectivity index (χ2v) is 5.90. The zero-order valence-corrected chi connectivity index (χ0v) is 13.2. The number of aliphatic hydroxyl groups excluding tert-OH is 1. The molecule has 0 spiro atoms. The predicted octanol–water partition coefficient (Wildman–Crippen LogP) is 1.59. The van der Waals surface area contributed by atoms with Crippen molar-refractivity contribution >= 4 is 23.2 Å². The van der Waals surface area contributed by atoms with Gasteiger partial charge in [-0.25, -0.2) is 0 Å². The molecule has 8 heteroatoms. The van der Waals surface area contributed by atoms with E-state index in [2.05, 4.69) is 10.6 Å². The molecule has 0 aromatic heterocycles. The van der Waals surface area contributed by atoms with Crippen molar-refractivity contribution in [2.24, 2.45) is 5.92 Å². The van der Waals surface area contributed by atoms with E-state index in [-0.39, 0.29) is 23.8 Å². The molecule has 0 bridgehead atoms. The van der Waals surface area contributed by atoms with Crippen LogP contribution in [0.3, 0.4) is 0 Å². The SMILES string of the molecule is O=C(NCC(O)C1CCCCC1)C(=O)Nc1ccccc1[N+](=O)[O-]. The quantitative estimate of drug-likeness (QED) is 0.428. The molecule has 1 unspecified atom stereocenters. The van der Waals surface area contributed by atoms with E-state index in [1.165, 1.54) is 24.3 Å². The number of carbonyl (C=O) groups excluding carboxylic acids is 2. The number of hydrogen-bond acceptors (Lipinski definition) is 5. The normalized spacial score (nSPS) is 16.2. The summed E-state index contributed by atoms with van der Waals surface area (Å²) in [6.45, 7) is -0.00615. The van der Waals surface area contributed by atoms with Crippen molar-refractivity contribution in [3.05, 3.63) is 34.4 Å². The van der Waals surface area contributed by atoms with Crippen molar-refractivity contribution in [2.75, 3.05) is 11.9 Å². The highest BCUT2D eigenvalue weighted by Gasteiger charge is 2.24. The Morgan fingerprint density at radius 3 is 2.54 bits per heavy atom. The highest BCUT2D eigenvalue weighted by Crippen LogP contribution is 2.26. The second-order valence-electron chi connectivity index (χ2n) is 5.90. The summed E-state index contributed by atoms with van der Waals surface area (Å²) in [5.41, 5.74) is -0.337. The van der Waals surface area contributed by atoms with E-state index in [0.717, 1.165) is 32.1 Å². The molecule has 1 aromatic rings. The van der Waals surface area contributed by atoms with E-state index in [1.54, 1.807) is 0 Å². The van der Waals surface area contributed by atoms with Crippen molar-refractivity contribution in [2.45, 2.75) is 38.2 Å². The van der Waals surface area contributed by atoms with E-state index in [4.69, 9.17) is 0 Å². The van der Waals surface area contributed by atoms with Gasteiger partial charge in [0.25, 0.3) is 5.69 Å². The first-order valence-electron chi connectivity index (χ1n) is 7.99. The van der Waals surface area contributed by atoms with Gasteiger partial charge in [0.15, 0.2) is 0 Å². The lowest BCUT2D eigenvalue weighted by Gasteiger charge is -2.26. The second kappa shape index (κ2) is 8.39. The number of anilines is 1. The van der Waals surface area contributed by atoms with Gasteiger partial charge in [0.1, 0.15) is 5.69 Å². The molecule has 1 saturated carbocycles. The van der Waals surface area contributed by atoms with Crippen molar-refractivity contribution in [3.63, 3.8) is 0 Å². The van der Waals surface area contributed by atoms with Crippen LogP contribution >= 0.6 is 0 Å². The van der Waals surface area contributed by atoms with Gasteiger partial charge in [0.05, 0.1) is 11.0 Å². The first kappa shape index (κ1) is 17.9. The molecule has 1 fully saturated rings. The smallest absolute Gasteiger partial charge is 0.313 e. The fraction of sp³-hybridized carbons (Fsp3) is 0.500. The summed E-state index contributed by atoms with van der Waals surface area (Å²) >= 11 is 0. The lowest BCUT2D eigenvalue weighted by atomic mass is 9.85. The minimum atomic E-state index is -1.000. The van der Waals surface area contributed by atoms with Gasteiger partial charge in [-0.3, -0.25) is 19.7 Å². The third kappa shape index (κ3) is 4.76.